The van der Waals surface area contributed by atoms with Gasteiger partial charge in [0.2, 0.25) is 0 Å². The molecule has 0 saturated heterocycles. The summed E-state index contributed by atoms with van der Waals surface area (Å²) in [6.45, 7) is 2.06. The molecule has 0 aliphatic rings. The lowest BCUT2D eigenvalue weighted by atomic mass is 10.0. The van der Waals surface area contributed by atoms with Gasteiger partial charge in [0.1, 0.15) is 0 Å². The Hall–Kier alpha value is -1.48. The zero-order chi connectivity index (χ0) is 14.8. The summed E-state index contributed by atoms with van der Waals surface area (Å²) in [5.41, 5.74) is 2.07. The monoisotopic (exact) mass is 298 g/mol. The maximum Gasteiger partial charge on any atom is 0.416 e. The highest BCUT2D eigenvalue weighted by molar-refractivity contribution is 6.22. The normalized spacial score (nSPS) is 13.2. The second-order valence-corrected chi connectivity index (χ2v) is 5.01. The van der Waals surface area contributed by atoms with Crippen molar-refractivity contribution >= 4 is 11.6 Å². The highest BCUT2D eigenvalue weighted by Crippen LogP contribution is 2.33. The molecule has 0 spiro atoms. The van der Waals surface area contributed by atoms with Gasteiger partial charge in [-0.05, 0) is 35.2 Å². The molecule has 0 bridgehead atoms. The molecule has 0 saturated carbocycles. The second kappa shape index (κ2) is 5.88. The molecule has 0 radical (unpaired) electrons. The Morgan fingerprint density at radius 1 is 0.900 bits per heavy atom. The summed E-state index contributed by atoms with van der Waals surface area (Å²) in [6.07, 6.45) is -3.38. The summed E-state index contributed by atoms with van der Waals surface area (Å²) in [5.74, 6) is 0. The van der Waals surface area contributed by atoms with E-state index in [2.05, 4.69) is 6.92 Å². The lowest BCUT2D eigenvalue weighted by Gasteiger charge is -2.12. The number of alkyl halides is 4. The topological polar surface area (TPSA) is 0 Å². The van der Waals surface area contributed by atoms with Crippen LogP contribution in [-0.4, -0.2) is 0 Å². The first-order valence-corrected chi connectivity index (χ1v) is 6.75. The predicted molar refractivity (Wildman–Crippen MR) is 75.0 cm³/mol. The standard InChI is InChI=1S/C16H14ClF3/c1-2-11-3-5-12(6-4-11)15(17)13-7-9-14(10-8-13)16(18,19)20/h3-10,15H,2H2,1H3. The van der Waals surface area contributed by atoms with Crippen molar-refractivity contribution in [2.24, 2.45) is 0 Å². The minimum atomic E-state index is -4.32. The third-order valence-corrected chi connectivity index (χ3v) is 3.72. The van der Waals surface area contributed by atoms with Crippen LogP contribution < -0.4 is 0 Å². The Kier molecular flexibility index (Phi) is 4.39. The van der Waals surface area contributed by atoms with Crippen molar-refractivity contribution in [1.82, 2.24) is 0 Å². The first kappa shape index (κ1) is 14.9. The molecule has 0 heterocycles. The Balaban J connectivity index is 2.22. The van der Waals surface area contributed by atoms with Gasteiger partial charge in [-0.1, -0.05) is 43.3 Å². The van der Waals surface area contributed by atoms with Crippen molar-refractivity contribution in [2.45, 2.75) is 24.9 Å². The average molecular weight is 299 g/mol. The maximum atomic E-state index is 12.5. The van der Waals surface area contributed by atoms with E-state index in [1.165, 1.54) is 17.7 Å². The van der Waals surface area contributed by atoms with Crippen LogP contribution in [-0.2, 0) is 12.6 Å². The molecule has 0 aliphatic heterocycles. The molecule has 2 rings (SSSR count). The third kappa shape index (κ3) is 3.34. The maximum absolute atomic E-state index is 12.5. The molecule has 2 aromatic carbocycles. The summed E-state index contributed by atoms with van der Waals surface area (Å²) in [6, 6.07) is 12.8. The fourth-order valence-electron chi connectivity index (χ4n) is 1.96. The SMILES string of the molecule is CCc1ccc(C(Cl)c2ccc(C(F)(F)F)cc2)cc1. The van der Waals surface area contributed by atoms with Gasteiger partial charge in [0.25, 0.3) is 0 Å². The van der Waals surface area contributed by atoms with Gasteiger partial charge in [-0.2, -0.15) is 13.2 Å². The number of hydrogen-bond acceptors (Lipinski definition) is 0. The van der Waals surface area contributed by atoms with Gasteiger partial charge in [-0.15, -0.1) is 11.6 Å². The Bertz CT molecular complexity index is 556. The van der Waals surface area contributed by atoms with Crippen LogP contribution in [0, 0.1) is 0 Å². The molecule has 0 nitrogen and oxygen atoms in total. The van der Waals surface area contributed by atoms with Crippen LogP contribution in [0.2, 0.25) is 0 Å². The molecule has 0 aliphatic carbocycles. The summed E-state index contributed by atoms with van der Waals surface area (Å²) in [5, 5.41) is -0.441. The van der Waals surface area contributed by atoms with Crippen LogP contribution in [0.4, 0.5) is 13.2 Å². The summed E-state index contributed by atoms with van der Waals surface area (Å²) in [7, 11) is 0. The van der Waals surface area contributed by atoms with Crippen LogP contribution >= 0.6 is 11.6 Å². The minimum absolute atomic E-state index is 0.441. The first-order chi connectivity index (χ1) is 9.41. The Morgan fingerprint density at radius 2 is 1.35 bits per heavy atom. The van der Waals surface area contributed by atoms with Crippen molar-refractivity contribution in [3.8, 4) is 0 Å². The zero-order valence-corrected chi connectivity index (χ0v) is 11.7. The van der Waals surface area contributed by atoms with Crippen LogP contribution in [0.25, 0.3) is 0 Å². The summed E-state index contributed by atoms with van der Waals surface area (Å²) >= 11 is 6.31. The molecule has 2 aromatic rings. The van der Waals surface area contributed by atoms with Gasteiger partial charge in [0.05, 0.1) is 10.9 Å². The highest BCUT2D eigenvalue weighted by Gasteiger charge is 2.30. The minimum Gasteiger partial charge on any atom is -0.166 e. The smallest absolute Gasteiger partial charge is 0.166 e. The quantitative estimate of drug-likeness (QED) is 0.647. The van der Waals surface area contributed by atoms with Crippen molar-refractivity contribution < 1.29 is 13.2 Å². The van der Waals surface area contributed by atoms with E-state index in [1.54, 1.807) is 0 Å². The Morgan fingerprint density at radius 3 is 1.75 bits per heavy atom. The molecule has 20 heavy (non-hydrogen) atoms. The van der Waals surface area contributed by atoms with Gasteiger partial charge in [-0.3, -0.25) is 0 Å². The van der Waals surface area contributed by atoms with Crippen LogP contribution in [0.15, 0.2) is 48.5 Å². The largest absolute Gasteiger partial charge is 0.416 e. The number of halogens is 4. The van der Waals surface area contributed by atoms with E-state index in [-0.39, 0.29) is 0 Å². The molecule has 0 aromatic heterocycles. The van der Waals surface area contributed by atoms with E-state index in [0.29, 0.717) is 5.56 Å². The van der Waals surface area contributed by atoms with Gasteiger partial charge in [0.15, 0.2) is 0 Å². The lowest BCUT2D eigenvalue weighted by molar-refractivity contribution is -0.137. The van der Waals surface area contributed by atoms with Crippen molar-refractivity contribution in [3.63, 3.8) is 0 Å². The van der Waals surface area contributed by atoms with Crippen molar-refractivity contribution in [2.75, 3.05) is 0 Å². The fraction of sp³-hybridized carbons (Fsp3) is 0.250. The third-order valence-electron chi connectivity index (χ3n) is 3.21. The van der Waals surface area contributed by atoms with Gasteiger partial charge < -0.3 is 0 Å². The van der Waals surface area contributed by atoms with E-state index in [9.17, 15) is 13.2 Å². The molecule has 4 heteroatoms. The van der Waals surface area contributed by atoms with Crippen molar-refractivity contribution in [1.29, 1.82) is 0 Å². The van der Waals surface area contributed by atoms with E-state index < -0.39 is 17.1 Å². The highest BCUT2D eigenvalue weighted by atomic mass is 35.5. The van der Waals surface area contributed by atoms with Gasteiger partial charge in [0, 0.05) is 0 Å². The first-order valence-electron chi connectivity index (χ1n) is 6.32. The zero-order valence-electron chi connectivity index (χ0n) is 10.9. The fourth-order valence-corrected chi connectivity index (χ4v) is 2.25. The number of aryl methyl sites for hydroxylation is 1. The lowest BCUT2D eigenvalue weighted by Crippen LogP contribution is -2.05. The van der Waals surface area contributed by atoms with E-state index in [0.717, 1.165) is 24.1 Å². The molecule has 0 N–H and O–H groups in total. The number of rotatable bonds is 3. The van der Waals surface area contributed by atoms with E-state index in [1.807, 2.05) is 24.3 Å². The molecular formula is C16H14ClF3. The molecule has 1 atom stereocenters. The van der Waals surface area contributed by atoms with Crippen LogP contribution in [0.3, 0.4) is 0 Å². The number of hydrogen-bond donors (Lipinski definition) is 0. The molecule has 106 valence electrons. The molecular weight excluding hydrogens is 285 g/mol. The average Bonchev–Trinajstić information content (AvgIpc) is 2.46. The molecule has 0 fully saturated rings. The van der Waals surface area contributed by atoms with Crippen LogP contribution in [0.1, 0.15) is 34.6 Å². The van der Waals surface area contributed by atoms with Crippen LogP contribution in [0.5, 0.6) is 0 Å². The summed E-state index contributed by atoms with van der Waals surface area (Å²) < 4.78 is 37.5. The van der Waals surface area contributed by atoms with Gasteiger partial charge >= 0.3 is 6.18 Å². The molecule has 1 unspecified atom stereocenters. The number of benzene rings is 2. The van der Waals surface area contributed by atoms with Crippen molar-refractivity contribution in [3.05, 3.63) is 70.8 Å². The van der Waals surface area contributed by atoms with Gasteiger partial charge in [-0.25, -0.2) is 0 Å². The second-order valence-electron chi connectivity index (χ2n) is 4.58. The van der Waals surface area contributed by atoms with E-state index >= 15 is 0 Å². The molecule has 0 amide bonds. The Labute approximate surface area is 121 Å². The predicted octanol–water partition coefficient (Wildman–Crippen LogP) is 5.60. The summed E-state index contributed by atoms with van der Waals surface area (Å²) in [4.78, 5) is 0. The van der Waals surface area contributed by atoms with E-state index in [4.69, 9.17) is 11.6 Å².